The number of nitriles is 1. The Morgan fingerprint density at radius 3 is 2.71 bits per heavy atom. The first-order valence-corrected chi connectivity index (χ1v) is 4.43. The Labute approximate surface area is 86.3 Å². The molecule has 0 saturated carbocycles. The number of hydrogen-bond acceptors (Lipinski definition) is 2. The van der Waals surface area contributed by atoms with Crippen molar-refractivity contribution in [3.8, 4) is 17.4 Å². The molecule has 0 amide bonds. The van der Waals surface area contributed by atoms with Crippen LogP contribution < -0.4 is 0 Å². The second-order valence-electron chi connectivity index (χ2n) is 2.75. The average Bonchev–Trinajstić information content (AvgIpc) is 2.70. The first kappa shape index (κ1) is 8.86. The summed E-state index contributed by atoms with van der Waals surface area (Å²) in [6, 6.07) is 10.9. The lowest BCUT2D eigenvalue weighted by atomic mass is 10.1. The first-order valence-electron chi connectivity index (χ1n) is 4.05. The van der Waals surface area contributed by atoms with Gasteiger partial charge in [-0.2, -0.15) is 5.26 Å². The third kappa shape index (κ3) is 1.39. The second kappa shape index (κ2) is 3.57. The number of halogens is 1. The fraction of sp³-hybridized carbons (Fsp3) is 0. The van der Waals surface area contributed by atoms with E-state index in [2.05, 4.69) is 6.07 Å². The van der Waals surface area contributed by atoms with Crippen LogP contribution in [0.1, 0.15) is 5.56 Å². The van der Waals surface area contributed by atoms with E-state index in [-0.39, 0.29) is 0 Å². The highest BCUT2D eigenvalue weighted by atomic mass is 35.5. The van der Waals surface area contributed by atoms with Gasteiger partial charge in [-0.1, -0.05) is 17.7 Å². The van der Waals surface area contributed by atoms with Crippen LogP contribution in [0.5, 0.6) is 0 Å². The quantitative estimate of drug-likeness (QED) is 0.712. The fourth-order valence-corrected chi connectivity index (χ4v) is 1.49. The number of benzene rings is 1. The van der Waals surface area contributed by atoms with Crippen LogP contribution in [0.15, 0.2) is 41.0 Å². The Morgan fingerprint density at radius 2 is 2.07 bits per heavy atom. The molecule has 0 spiro atoms. The molecule has 0 atom stereocenters. The minimum atomic E-state index is 0.446. The largest absolute Gasteiger partial charge is 0.464 e. The summed E-state index contributed by atoms with van der Waals surface area (Å²) >= 11 is 5.88. The zero-order chi connectivity index (χ0) is 9.97. The molecule has 1 aromatic carbocycles. The van der Waals surface area contributed by atoms with Crippen LogP contribution in [0.25, 0.3) is 11.3 Å². The van der Waals surface area contributed by atoms with E-state index in [0.717, 1.165) is 5.56 Å². The molecule has 0 N–H and O–H groups in total. The zero-order valence-electron chi connectivity index (χ0n) is 7.20. The fourth-order valence-electron chi connectivity index (χ4n) is 1.27. The van der Waals surface area contributed by atoms with E-state index >= 15 is 0 Å². The molecule has 2 rings (SSSR count). The summed E-state index contributed by atoms with van der Waals surface area (Å²) in [4.78, 5) is 0. The topological polar surface area (TPSA) is 36.9 Å². The highest BCUT2D eigenvalue weighted by molar-refractivity contribution is 6.32. The predicted octanol–water partition coefficient (Wildman–Crippen LogP) is 3.47. The van der Waals surface area contributed by atoms with E-state index < -0.39 is 0 Å². The van der Waals surface area contributed by atoms with Gasteiger partial charge in [-0.25, -0.2) is 0 Å². The van der Waals surface area contributed by atoms with E-state index in [1.54, 1.807) is 30.5 Å². The molecule has 0 unspecified atom stereocenters. The number of rotatable bonds is 1. The maximum Gasteiger partial charge on any atom is 0.135 e. The Hall–Kier alpha value is -1.72. The zero-order valence-corrected chi connectivity index (χ0v) is 7.95. The molecular weight excluding hydrogens is 198 g/mol. The summed E-state index contributed by atoms with van der Waals surface area (Å²) in [6.07, 6.45) is 1.57. The molecule has 1 heterocycles. The molecule has 0 aliphatic rings. The lowest BCUT2D eigenvalue weighted by Gasteiger charge is -2.01. The van der Waals surface area contributed by atoms with Gasteiger partial charge in [0.05, 0.1) is 16.8 Å². The van der Waals surface area contributed by atoms with Crippen LogP contribution in [0.4, 0.5) is 0 Å². The van der Waals surface area contributed by atoms with Crippen LogP contribution in [-0.4, -0.2) is 0 Å². The summed E-state index contributed by atoms with van der Waals surface area (Å²) in [7, 11) is 0. The van der Waals surface area contributed by atoms with Gasteiger partial charge in [-0.3, -0.25) is 0 Å². The summed E-state index contributed by atoms with van der Waals surface area (Å²) in [5.41, 5.74) is 1.18. The van der Waals surface area contributed by atoms with Crippen molar-refractivity contribution < 1.29 is 4.42 Å². The van der Waals surface area contributed by atoms with Crippen molar-refractivity contribution in [2.45, 2.75) is 0 Å². The van der Waals surface area contributed by atoms with E-state index in [1.807, 2.05) is 6.07 Å². The lowest BCUT2D eigenvalue weighted by Crippen LogP contribution is -1.83. The Bertz CT molecular complexity index is 482. The SMILES string of the molecule is N#Cc1c(Cl)cccc1-c1ccco1. The third-order valence-corrected chi connectivity index (χ3v) is 2.23. The van der Waals surface area contributed by atoms with Crippen LogP contribution in [-0.2, 0) is 0 Å². The molecule has 0 aliphatic carbocycles. The summed E-state index contributed by atoms with van der Waals surface area (Å²) in [5, 5.41) is 9.37. The summed E-state index contributed by atoms with van der Waals surface area (Å²) < 4.78 is 5.21. The molecule has 1 aromatic heterocycles. The van der Waals surface area contributed by atoms with Gasteiger partial charge in [0.15, 0.2) is 0 Å². The molecule has 2 aromatic rings. The van der Waals surface area contributed by atoms with Crippen LogP contribution in [0.3, 0.4) is 0 Å². The summed E-state index contributed by atoms with van der Waals surface area (Å²) in [5.74, 6) is 0.657. The molecule has 0 aliphatic heterocycles. The van der Waals surface area contributed by atoms with Crippen molar-refractivity contribution in [3.05, 3.63) is 47.2 Å². The minimum absolute atomic E-state index is 0.446. The molecule has 3 heteroatoms. The van der Waals surface area contributed by atoms with Gasteiger partial charge >= 0.3 is 0 Å². The second-order valence-corrected chi connectivity index (χ2v) is 3.16. The van der Waals surface area contributed by atoms with Gasteiger partial charge in [-0.15, -0.1) is 0 Å². The van der Waals surface area contributed by atoms with Crippen molar-refractivity contribution in [1.82, 2.24) is 0 Å². The van der Waals surface area contributed by atoms with Crippen LogP contribution >= 0.6 is 11.6 Å². The number of hydrogen-bond donors (Lipinski definition) is 0. The molecular formula is C11H6ClNO. The highest BCUT2D eigenvalue weighted by Gasteiger charge is 2.09. The van der Waals surface area contributed by atoms with Gasteiger partial charge in [0.25, 0.3) is 0 Å². The Morgan fingerprint density at radius 1 is 1.21 bits per heavy atom. The molecule has 2 nitrogen and oxygen atoms in total. The molecule has 14 heavy (non-hydrogen) atoms. The van der Waals surface area contributed by atoms with Gasteiger partial charge in [0, 0.05) is 5.56 Å². The predicted molar refractivity (Wildman–Crippen MR) is 53.9 cm³/mol. The monoisotopic (exact) mass is 203 g/mol. The Kier molecular flexibility index (Phi) is 2.26. The van der Waals surface area contributed by atoms with Gasteiger partial charge < -0.3 is 4.42 Å². The maximum atomic E-state index is 8.92. The maximum absolute atomic E-state index is 8.92. The molecule has 0 radical (unpaired) electrons. The van der Waals surface area contributed by atoms with Crippen molar-refractivity contribution in [2.24, 2.45) is 0 Å². The van der Waals surface area contributed by atoms with Crippen molar-refractivity contribution in [2.75, 3.05) is 0 Å². The average molecular weight is 204 g/mol. The van der Waals surface area contributed by atoms with Gasteiger partial charge in [0.1, 0.15) is 11.8 Å². The molecule has 0 saturated heterocycles. The standard InChI is InChI=1S/C11H6ClNO/c12-10-4-1-3-8(9(10)7-13)11-5-2-6-14-11/h1-6H. The molecule has 68 valence electrons. The molecule has 0 bridgehead atoms. The van der Waals surface area contributed by atoms with Gasteiger partial charge in [0.2, 0.25) is 0 Å². The van der Waals surface area contributed by atoms with Crippen molar-refractivity contribution >= 4 is 11.6 Å². The third-order valence-electron chi connectivity index (χ3n) is 1.91. The minimum Gasteiger partial charge on any atom is -0.464 e. The van der Waals surface area contributed by atoms with E-state index in [4.69, 9.17) is 21.3 Å². The highest BCUT2D eigenvalue weighted by Crippen LogP contribution is 2.28. The number of nitrogens with zero attached hydrogens (tertiary/aromatic N) is 1. The van der Waals surface area contributed by atoms with E-state index in [1.165, 1.54) is 0 Å². The van der Waals surface area contributed by atoms with Crippen LogP contribution in [0.2, 0.25) is 5.02 Å². The Balaban J connectivity index is 2.66. The summed E-state index contributed by atoms with van der Waals surface area (Å²) in [6.45, 7) is 0. The van der Waals surface area contributed by atoms with Crippen molar-refractivity contribution in [3.63, 3.8) is 0 Å². The normalized spacial score (nSPS) is 9.71. The molecule has 0 fully saturated rings. The van der Waals surface area contributed by atoms with Gasteiger partial charge in [-0.05, 0) is 24.3 Å². The van der Waals surface area contributed by atoms with Crippen molar-refractivity contribution in [1.29, 1.82) is 5.26 Å². The van der Waals surface area contributed by atoms with Crippen LogP contribution in [0, 0.1) is 11.3 Å². The van der Waals surface area contributed by atoms with E-state index in [0.29, 0.717) is 16.3 Å². The van der Waals surface area contributed by atoms with E-state index in [9.17, 15) is 0 Å². The number of furan rings is 1. The smallest absolute Gasteiger partial charge is 0.135 e. The lowest BCUT2D eigenvalue weighted by molar-refractivity contribution is 0.582. The first-order chi connectivity index (χ1) is 6.83.